The third-order valence-electron chi connectivity index (χ3n) is 4.89. The van der Waals surface area contributed by atoms with Crippen LogP contribution in [0.25, 0.3) is 0 Å². The second-order valence-corrected chi connectivity index (χ2v) is 6.43. The number of aromatic nitrogens is 1. The van der Waals surface area contributed by atoms with Crippen molar-refractivity contribution in [2.45, 2.75) is 40.7 Å². The Kier molecular flexibility index (Phi) is 5.04. The van der Waals surface area contributed by atoms with Crippen molar-refractivity contribution in [3.05, 3.63) is 22.5 Å². The molecule has 1 aromatic heterocycles. The van der Waals surface area contributed by atoms with Crippen LogP contribution in [0.15, 0.2) is 0 Å². The first-order chi connectivity index (χ1) is 10.7. The second-order valence-electron chi connectivity index (χ2n) is 6.43. The zero-order valence-electron chi connectivity index (χ0n) is 14.6. The molecule has 0 bridgehead atoms. The summed E-state index contributed by atoms with van der Waals surface area (Å²) in [6.45, 7) is 11.6. The number of amides is 1. The number of hydrogen-bond donors (Lipinski definition) is 2. The number of ketones is 2. The number of piperazine rings is 1. The first-order valence-electron chi connectivity index (χ1n) is 8.08. The monoisotopic (exact) mass is 320 g/mol. The van der Waals surface area contributed by atoms with E-state index in [0.29, 0.717) is 24.3 Å². The van der Waals surface area contributed by atoms with E-state index in [9.17, 15) is 14.4 Å². The number of nitrogens with one attached hydrogen (secondary N) is 2. The third-order valence-corrected chi connectivity index (χ3v) is 4.89. The number of rotatable bonds is 4. The zero-order valence-corrected chi connectivity index (χ0v) is 14.6. The number of aryl methyl sites for hydroxylation is 1. The van der Waals surface area contributed by atoms with Gasteiger partial charge in [-0.05, 0) is 33.3 Å². The lowest BCUT2D eigenvalue weighted by Gasteiger charge is -2.34. The Morgan fingerprint density at radius 2 is 1.70 bits per heavy atom. The van der Waals surface area contributed by atoms with Crippen LogP contribution < -0.4 is 4.90 Å². The number of aromatic amines is 1. The molecule has 0 aliphatic carbocycles. The molecule has 2 rings (SSSR count). The van der Waals surface area contributed by atoms with E-state index in [4.69, 9.17) is 0 Å². The molecule has 0 radical (unpaired) electrons. The molecule has 1 atom stereocenters. The minimum absolute atomic E-state index is 0.0228. The van der Waals surface area contributed by atoms with Crippen LogP contribution in [0.4, 0.5) is 0 Å². The highest BCUT2D eigenvalue weighted by Crippen LogP contribution is 2.19. The number of Topliss-reactive ketones (excluding diaryl/α,β-unsaturated/α-hetero) is 2. The van der Waals surface area contributed by atoms with E-state index in [0.717, 1.165) is 24.3 Å². The summed E-state index contributed by atoms with van der Waals surface area (Å²) >= 11 is 0. The Morgan fingerprint density at radius 3 is 2.13 bits per heavy atom. The van der Waals surface area contributed by atoms with Crippen LogP contribution in [0, 0.1) is 13.8 Å². The molecule has 1 aliphatic heterocycles. The summed E-state index contributed by atoms with van der Waals surface area (Å²) in [5.74, 6) is 0.0970. The van der Waals surface area contributed by atoms with Crippen molar-refractivity contribution in [3.8, 4) is 0 Å². The normalized spacial score (nSPS) is 17.2. The Labute approximate surface area is 136 Å². The van der Waals surface area contributed by atoms with Gasteiger partial charge in [0.25, 0.3) is 0 Å². The van der Waals surface area contributed by atoms with Crippen LogP contribution in [0.2, 0.25) is 0 Å². The minimum Gasteiger partial charge on any atom is -0.355 e. The topological polar surface area (TPSA) is 74.7 Å². The first kappa shape index (κ1) is 17.4. The standard InChI is InChI=1S/C17H25N3O3/c1-10-15(13(4)21)11(2)18-16(10)17(23)12(3)19-6-8-20(9-7-19)14(5)22/h12,18H,6-9H2,1-5H3/p+1/t12-/m1/s1. The number of carbonyl (C=O) groups is 3. The summed E-state index contributed by atoms with van der Waals surface area (Å²) in [5.41, 5.74) is 2.66. The molecule has 126 valence electrons. The van der Waals surface area contributed by atoms with Crippen molar-refractivity contribution in [1.82, 2.24) is 9.88 Å². The summed E-state index contributed by atoms with van der Waals surface area (Å²) < 4.78 is 0. The van der Waals surface area contributed by atoms with Gasteiger partial charge < -0.3 is 14.8 Å². The van der Waals surface area contributed by atoms with E-state index in [2.05, 4.69) is 4.98 Å². The van der Waals surface area contributed by atoms with Crippen LogP contribution >= 0.6 is 0 Å². The predicted octanol–water partition coefficient (Wildman–Crippen LogP) is 0.152. The zero-order chi connectivity index (χ0) is 17.3. The molecule has 0 spiro atoms. The lowest BCUT2D eigenvalue weighted by molar-refractivity contribution is -0.917. The van der Waals surface area contributed by atoms with Crippen molar-refractivity contribution in [2.75, 3.05) is 26.2 Å². The summed E-state index contributed by atoms with van der Waals surface area (Å²) in [6, 6.07) is -0.194. The lowest BCUT2D eigenvalue weighted by Crippen LogP contribution is -3.18. The van der Waals surface area contributed by atoms with Crippen molar-refractivity contribution >= 4 is 17.5 Å². The molecule has 6 heteroatoms. The largest absolute Gasteiger partial charge is 0.355 e. The van der Waals surface area contributed by atoms with Crippen LogP contribution in [-0.2, 0) is 4.79 Å². The van der Waals surface area contributed by atoms with Gasteiger partial charge in [0.05, 0.1) is 31.9 Å². The SMILES string of the molecule is CC(=O)c1c(C)[nH]c(C(=O)[C@@H](C)[NH+]2CCN(C(C)=O)CC2)c1C. The summed E-state index contributed by atoms with van der Waals surface area (Å²) in [4.78, 5) is 42.0. The van der Waals surface area contributed by atoms with Gasteiger partial charge in [0.2, 0.25) is 11.7 Å². The lowest BCUT2D eigenvalue weighted by atomic mass is 10.0. The minimum atomic E-state index is -0.194. The molecule has 1 fully saturated rings. The fourth-order valence-electron chi connectivity index (χ4n) is 3.47. The average molecular weight is 320 g/mol. The molecular formula is C17H26N3O3+. The fourth-order valence-corrected chi connectivity index (χ4v) is 3.47. The van der Waals surface area contributed by atoms with Gasteiger partial charge in [0.15, 0.2) is 11.8 Å². The maximum Gasteiger partial charge on any atom is 0.235 e. The molecule has 1 aromatic rings. The Balaban J connectivity index is 2.14. The number of H-pyrrole nitrogens is 1. The van der Waals surface area contributed by atoms with Gasteiger partial charge in [-0.15, -0.1) is 0 Å². The highest BCUT2D eigenvalue weighted by Gasteiger charge is 2.32. The number of quaternary nitrogens is 1. The smallest absolute Gasteiger partial charge is 0.235 e. The molecule has 1 saturated heterocycles. The highest BCUT2D eigenvalue weighted by molar-refractivity contribution is 6.04. The molecule has 0 unspecified atom stereocenters. The number of hydrogen-bond acceptors (Lipinski definition) is 3. The average Bonchev–Trinajstić information content (AvgIpc) is 2.80. The van der Waals surface area contributed by atoms with Crippen molar-refractivity contribution < 1.29 is 19.3 Å². The van der Waals surface area contributed by atoms with Crippen LogP contribution in [-0.4, -0.2) is 59.6 Å². The van der Waals surface area contributed by atoms with Gasteiger partial charge in [-0.1, -0.05) is 0 Å². The van der Waals surface area contributed by atoms with Gasteiger partial charge in [0.1, 0.15) is 0 Å². The number of carbonyl (C=O) groups excluding carboxylic acids is 3. The third kappa shape index (κ3) is 3.37. The molecule has 0 saturated carbocycles. The molecule has 23 heavy (non-hydrogen) atoms. The molecule has 2 heterocycles. The fraction of sp³-hybridized carbons (Fsp3) is 0.588. The maximum absolute atomic E-state index is 12.8. The van der Waals surface area contributed by atoms with E-state index in [1.165, 1.54) is 11.8 Å². The molecule has 1 amide bonds. The van der Waals surface area contributed by atoms with E-state index in [-0.39, 0.29) is 23.5 Å². The quantitative estimate of drug-likeness (QED) is 0.776. The molecule has 6 nitrogen and oxygen atoms in total. The Hall–Kier alpha value is -1.95. The molecular weight excluding hydrogens is 294 g/mol. The van der Waals surface area contributed by atoms with E-state index >= 15 is 0 Å². The summed E-state index contributed by atoms with van der Waals surface area (Å²) in [7, 11) is 0. The predicted molar refractivity (Wildman–Crippen MR) is 87.0 cm³/mol. The van der Waals surface area contributed by atoms with Gasteiger partial charge in [0, 0.05) is 18.2 Å². The molecule has 1 aliphatic rings. The second kappa shape index (κ2) is 6.66. The van der Waals surface area contributed by atoms with Crippen LogP contribution in [0.3, 0.4) is 0 Å². The number of nitrogens with zero attached hydrogens (tertiary/aromatic N) is 1. The van der Waals surface area contributed by atoms with Crippen LogP contribution in [0.5, 0.6) is 0 Å². The van der Waals surface area contributed by atoms with Gasteiger partial charge in [-0.3, -0.25) is 14.4 Å². The van der Waals surface area contributed by atoms with Gasteiger partial charge in [-0.2, -0.15) is 0 Å². The van der Waals surface area contributed by atoms with Gasteiger partial charge in [-0.25, -0.2) is 0 Å². The van der Waals surface area contributed by atoms with Crippen molar-refractivity contribution in [3.63, 3.8) is 0 Å². The molecule has 2 N–H and O–H groups in total. The highest BCUT2D eigenvalue weighted by atomic mass is 16.2. The van der Waals surface area contributed by atoms with E-state index in [1.807, 2.05) is 25.7 Å². The maximum atomic E-state index is 12.8. The van der Waals surface area contributed by atoms with Crippen molar-refractivity contribution in [1.29, 1.82) is 0 Å². The Morgan fingerprint density at radius 1 is 1.13 bits per heavy atom. The van der Waals surface area contributed by atoms with E-state index in [1.54, 1.807) is 6.92 Å². The van der Waals surface area contributed by atoms with E-state index < -0.39 is 0 Å². The summed E-state index contributed by atoms with van der Waals surface area (Å²) in [5, 5.41) is 0. The summed E-state index contributed by atoms with van der Waals surface area (Å²) in [6.07, 6.45) is 0. The molecule has 0 aromatic carbocycles. The van der Waals surface area contributed by atoms with Crippen molar-refractivity contribution in [2.24, 2.45) is 0 Å². The van der Waals surface area contributed by atoms with Gasteiger partial charge >= 0.3 is 0 Å². The Bertz CT molecular complexity index is 640. The first-order valence-corrected chi connectivity index (χ1v) is 8.08. The van der Waals surface area contributed by atoms with Crippen LogP contribution in [0.1, 0.15) is 52.9 Å².